The van der Waals surface area contributed by atoms with Crippen molar-refractivity contribution in [3.63, 3.8) is 0 Å². The van der Waals surface area contributed by atoms with E-state index in [0.717, 1.165) is 32.1 Å². The van der Waals surface area contributed by atoms with Crippen LogP contribution in [0.15, 0.2) is 12.2 Å². The van der Waals surface area contributed by atoms with E-state index in [9.17, 15) is 19.4 Å². The second-order valence-corrected chi connectivity index (χ2v) is 30.3. The molecule has 8 nitrogen and oxygen atoms in total. The van der Waals surface area contributed by atoms with E-state index in [1.54, 1.807) is 6.08 Å². The number of nitrogens with one attached hydrogen (secondary N) is 1. The van der Waals surface area contributed by atoms with Crippen LogP contribution in [-0.4, -0.2) is 73.4 Å². The fraction of sp³-hybridized carbons (Fsp3) is 0.962. The molecule has 0 aliphatic carbocycles. The molecule has 0 fully saturated rings. The number of aliphatic hydroxyl groups excluding tert-OH is 1. The van der Waals surface area contributed by atoms with Gasteiger partial charge in [0.25, 0.3) is 0 Å². The van der Waals surface area contributed by atoms with Crippen LogP contribution in [0.5, 0.6) is 0 Å². The topological polar surface area (TPSA) is 105 Å². The number of amides is 1. The molecule has 3 unspecified atom stereocenters. The van der Waals surface area contributed by atoms with Gasteiger partial charge in [0.15, 0.2) is 0 Å². The first-order valence-corrected chi connectivity index (χ1v) is 41.1. The molecule has 0 aliphatic rings. The van der Waals surface area contributed by atoms with Crippen molar-refractivity contribution in [3.8, 4) is 0 Å². The largest absolute Gasteiger partial charge is 0.472 e. The Kier molecular flexibility index (Phi) is 69.0. The summed E-state index contributed by atoms with van der Waals surface area (Å²) in [6.07, 6.45) is 91.3. The van der Waals surface area contributed by atoms with Gasteiger partial charge in [0, 0.05) is 6.42 Å². The van der Waals surface area contributed by atoms with Crippen molar-refractivity contribution in [2.45, 2.75) is 443 Å². The molecule has 0 bridgehead atoms. The number of aliphatic hydroxyl groups is 1. The maximum absolute atomic E-state index is 13.1. The Balaban J connectivity index is 3.87. The quantitative estimate of drug-likeness (QED) is 0.0243. The summed E-state index contributed by atoms with van der Waals surface area (Å²) in [5.41, 5.74) is 0. The summed E-state index contributed by atoms with van der Waals surface area (Å²) >= 11 is 0. The summed E-state index contributed by atoms with van der Waals surface area (Å²) in [5.74, 6) is -0.166. The number of hydrogen-bond acceptors (Lipinski definition) is 5. The molecule has 0 spiro atoms. The van der Waals surface area contributed by atoms with Crippen molar-refractivity contribution in [1.29, 1.82) is 0 Å². The highest BCUT2D eigenvalue weighted by molar-refractivity contribution is 7.47. The van der Waals surface area contributed by atoms with Crippen molar-refractivity contribution < 1.29 is 32.9 Å². The van der Waals surface area contributed by atoms with Gasteiger partial charge in [0.1, 0.15) is 13.2 Å². The summed E-state index contributed by atoms with van der Waals surface area (Å²) in [6, 6.07) is -0.844. The number of rotatable bonds is 75. The van der Waals surface area contributed by atoms with Crippen molar-refractivity contribution in [1.82, 2.24) is 5.32 Å². The van der Waals surface area contributed by atoms with E-state index in [1.165, 1.54) is 379 Å². The van der Waals surface area contributed by atoms with E-state index in [-0.39, 0.29) is 19.1 Å². The van der Waals surface area contributed by atoms with Crippen LogP contribution in [0.1, 0.15) is 431 Å². The maximum atomic E-state index is 13.1. The van der Waals surface area contributed by atoms with E-state index >= 15 is 0 Å². The van der Waals surface area contributed by atoms with Gasteiger partial charge in [-0.1, -0.05) is 418 Å². The van der Waals surface area contributed by atoms with Crippen molar-refractivity contribution in [2.75, 3.05) is 40.9 Å². The first-order valence-electron chi connectivity index (χ1n) is 39.6. The Hall–Kier alpha value is -0.760. The van der Waals surface area contributed by atoms with E-state index in [2.05, 4.69) is 19.2 Å². The highest BCUT2D eigenvalue weighted by Gasteiger charge is 2.28. The summed E-state index contributed by atoms with van der Waals surface area (Å²) < 4.78 is 23.9. The lowest BCUT2D eigenvalue weighted by atomic mass is 10.0. The Morgan fingerprint density at radius 1 is 0.379 bits per heavy atom. The summed E-state index contributed by atoms with van der Waals surface area (Å²) in [5, 5.41) is 14.0. The molecule has 520 valence electrons. The smallest absolute Gasteiger partial charge is 0.387 e. The molecular formula is C78H158N2O6P+. The van der Waals surface area contributed by atoms with Gasteiger partial charge < -0.3 is 19.8 Å². The molecule has 0 aromatic rings. The Morgan fingerprint density at radius 3 is 0.851 bits per heavy atom. The van der Waals surface area contributed by atoms with Crippen molar-refractivity contribution in [2.24, 2.45) is 0 Å². The minimum absolute atomic E-state index is 0.0656. The zero-order valence-electron chi connectivity index (χ0n) is 59.8. The summed E-state index contributed by atoms with van der Waals surface area (Å²) in [6.45, 7) is 4.90. The molecule has 0 rings (SSSR count). The number of hydrogen-bond donors (Lipinski definition) is 3. The number of phosphoric acid groups is 1. The standard InChI is InChI=1S/C78H157N2O6P/c1-6-8-10-12-14-16-18-20-22-24-26-28-30-32-33-34-35-36-37-38-39-40-41-42-43-44-45-46-47-48-50-52-54-56-58-60-62-64-66-68-70-72-78(82)79-76(75-86-87(83,84)85-74-73-80(3,4)5)77(81)71-69-67-65-63-61-59-57-55-53-51-49-31-29-27-25-23-21-19-17-15-13-11-9-7-2/h69,71,76-77,81H,6-68,70,72-75H2,1-5H3,(H-,79,82,83,84)/p+1/b71-69+. The van der Waals surface area contributed by atoms with Crippen LogP contribution in [0.2, 0.25) is 0 Å². The SMILES string of the molecule is CCCCCCCCCCCCCCCCCCCCCCCC/C=C/C(O)C(COP(=O)(O)OCC[N+](C)(C)C)NC(=O)CCCCCCCCCCCCCCCCCCCCCCCCCCCCCCCCCCCCCCCCCCC. The van der Waals surface area contributed by atoms with Crippen LogP contribution < -0.4 is 5.32 Å². The highest BCUT2D eigenvalue weighted by atomic mass is 31.2. The Morgan fingerprint density at radius 2 is 0.609 bits per heavy atom. The van der Waals surface area contributed by atoms with Crippen LogP contribution in [0.25, 0.3) is 0 Å². The monoisotopic (exact) mass is 1250 g/mol. The minimum atomic E-state index is -4.35. The fourth-order valence-corrected chi connectivity index (χ4v) is 13.4. The molecule has 0 aromatic heterocycles. The third-order valence-electron chi connectivity index (χ3n) is 18.8. The predicted molar refractivity (Wildman–Crippen MR) is 383 cm³/mol. The second-order valence-electron chi connectivity index (χ2n) is 28.8. The van der Waals surface area contributed by atoms with Crippen LogP contribution in [-0.2, 0) is 18.4 Å². The van der Waals surface area contributed by atoms with Crippen LogP contribution in [0, 0.1) is 0 Å². The Labute approximate surface area is 545 Å². The number of carbonyl (C=O) groups is 1. The van der Waals surface area contributed by atoms with E-state index in [0.29, 0.717) is 17.4 Å². The second kappa shape index (κ2) is 69.6. The number of allylic oxidation sites excluding steroid dienone is 1. The molecule has 1 amide bonds. The summed E-state index contributed by atoms with van der Waals surface area (Å²) in [7, 11) is 1.60. The predicted octanol–water partition coefficient (Wildman–Crippen LogP) is 25.6. The zero-order valence-corrected chi connectivity index (χ0v) is 60.7. The van der Waals surface area contributed by atoms with Gasteiger partial charge in [-0.15, -0.1) is 0 Å². The molecule has 87 heavy (non-hydrogen) atoms. The van der Waals surface area contributed by atoms with Crippen LogP contribution >= 0.6 is 7.82 Å². The minimum Gasteiger partial charge on any atom is -0.387 e. The first kappa shape index (κ1) is 86.2. The van der Waals surface area contributed by atoms with E-state index in [4.69, 9.17) is 9.05 Å². The van der Waals surface area contributed by atoms with Gasteiger partial charge in [0.05, 0.1) is 39.9 Å². The van der Waals surface area contributed by atoms with Crippen molar-refractivity contribution in [3.05, 3.63) is 12.2 Å². The van der Waals surface area contributed by atoms with Gasteiger partial charge >= 0.3 is 7.82 Å². The molecule has 0 saturated carbocycles. The number of nitrogens with zero attached hydrogens (tertiary/aromatic N) is 1. The molecule has 9 heteroatoms. The lowest BCUT2D eigenvalue weighted by Gasteiger charge is -2.25. The average Bonchev–Trinajstić information content (AvgIpc) is 3.70. The van der Waals surface area contributed by atoms with Gasteiger partial charge in [-0.05, 0) is 19.3 Å². The van der Waals surface area contributed by atoms with Crippen LogP contribution in [0.4, 0.5) is 0 Å². The fourth-order valence-electron chi connectivity index (χ4n) is 12.6. The first-order chi connectivity index (χ1) is 42.5. The van der Waals surface area contributed by atoms with E-state index < -0.39 is 20.0 Å². The molecule has 0 saturated heterocycles. The molecule has 3 atom stereocenters. The van der Waals surface area contributed by atoms with E-state index in [1.807, 2.05) is 27.2 Å². The molecular weight excluding hydrogens is 1090 g/mol. The average molecular weight is 1250 g/mol. The van der Waals surface area contributed by atoms with Gasteiger partial charge in [-0.3, -0.25) is 13.8 Å². The zero-order chi connectivity index (χ0) is 63.4. The molecule has 3 N–H and O–H groups in total. The normalized spacial score (nSPS) is 13.5. The molecule has 0 aromatic carbocycles. The highest BCUT2D eigenvalue weighted by Crippen LogP contribution is 2.43. The maximum Gasteiger partial charge on any atom is 0.472 e. The van der Waals surface area contributed by atoms with Crippen LogP contribution in [0.3, 0.4) is 0 Å². The third kappa shape index (κ3) is 72.5. The van der Waals surface area contributed by atoms with Gasteiger partial charge in [-0.25, -0.2) is 4.57 Å². The lowest BCUT2D eigenvalue weighted by molar-refractivity contribution is -0.870. The number of carbonyl (C=O) groups excluding carboxylic acids is 1. The lowest BCUT2D eigenvalue weighted by Crippen LogP contribution is -2.45. The molecule has 0 heterocycles. The number of unbranched alkanes of at least 4 members (excludes halogenated alkanes) is 62. The summed E-state index contributed by atoms with van der Waals surface area (Å²) in [4.78, 5) is 23.5. The van der Waals surface area contributed by atoms with Gasteiger partial charge in [0.2, 0.25) is 5.91 Å². The number of phosphoric ester groups is 1. The number of quaternary nitrogens is 1. The molecule has 0 radical (unpaired) electrons. The van der Waals surface area contributed by atoms with Crippen molar-refractivity contribution >= 4 is 13.7 Å². The Bertz CT molecular complexity index is 1420. The molecule has 0 aliphatic heterocycles. The third-order valence-corrected chi connectivity index (χ3v) is 19.7. The van der Waals surface area contributed by atoms with Gasteiger partial charge in [-0.2, -0.15) is 0 Å². The number of likely N-dealkylation sites (N-methyl/N-ethyl adjacent to an activating group) is 1.